The molecule has 0 bridgehead atoms. The second-order valence-corrected chi connectivity index (χ2v) is 9.46. The number of carbonyl (C=O) groups is 1. The van der Waals surface area contributed by atoms with Gasteiger partial charge in [-0.2, -0.15) is 0 Å². The number of carbonyl (C=O) groups excluding carboxylic acids is 1. The summed E-state index contributed by atoms with van der Waals surface area (Å²) in [5, 5.41) is 0.584. The molecule has 2 aromatic carbocycles. The largest absolute Gasteiger partial charge is 0.370 e. The average molecular weight is 496 g/mol. The fraction of sp³-hybridized carbons (Fsp3) is 0.400. The molecule has 5 rings (SSSR count). The lowest BCUT2D eigenvalue weighted by atomic mass is 10.1. The standard InChI is InChI=1S/C25H26BrN3O3/c26-19-9-6-17(7-10-19)22-16-28(13-14-32-22)24(30)18-8-11-20-21(15-18)27-23-5-3-1-2-4-12-29(23)25(20)31/h6-11,15,22H,1-5,12-14,16H2. The van der Waals surface area contributed by atoms with Crippen LogP contribution in [0.25, 0.3) is 10.9 Å². The lowest BCUT2D eigenvalue weighted by Crippen LogP contribution is -2.42. The number of fused-ring (bicyclic) bond motifs is 2. The zero-order chi connectivity index (χ0) is 22.1. The summed E-state index contributed by atoms with van der Waals surface area (Å²) in [7, 11) is 0. The third kappa shape index (κ3) is 4.24. The summed E-state index contributed by atoms with van der Waals surface area (Å²) in [5.41, 5.74) is 2.24. The Kier molecular flexibility index (Phi) is 6.11. The maximum Gasteiger partial charge on any atom is 0.261 e. The smallest absolute Gasteiger partial charge is 0.261 e. The van der Waals surface area contributed by atoms with Gasteiger partial charge in [-0.1, -0.05) is 40.9 Å². The van der Waals surface area contributed by atoms with Gasteiger partial charge in [-0.25, -0.2) is 4.98 Å². The highest BCUT2D eigenvalue weighted by molar-refractivity contribution is 9.10. The van der Waals surface area contributed by atoms with Gasteiger partial charge in [-0.05, 0) is 48.7 Å². The fourth-order valence-electron chi connectivity index (χ4n) is 4.62. The van der Waals surface area contributed by atoms with Crippen LogP contribution in [0, 0.1) is 0 Å². The van der Waals surface area contributed by atoms with Crippen molar-refractivity contribution >= 4 is 32.7 Å². The van der Waals surface area contributed by atoms with E-state index in [0.717, 1.165) is 48.1 Å². The number of nitrogens with zero attached hydrogens (tertiary/aromatic N) is 3. The minimum Gasteiger partial charge on any atom is -0.370 e. The van der Waals surface area contributed by atoms with Crippen molar-refractivity contribution in [2.24, 2.45) is 0 Å². The Morgan fingerprint density at radius 2 is 1.84 bits per heavy atom. The first-order chi connectivity index (χ1) is 15.6. The molecule has 1 aromatic heterocycles. The molecule has 32 heavy (non-hydrogen) atoms. The van der Waals surface area contributed by atoms with Crippen LogP contribution < -0.4 is 5.56 Å². The number of morpholine rings is 1. The Labute approximate surface area is 195 Å². The van der Waals surface area contributed by atoms with Crippen molar-refractivity contribution in [3.05, 3.63) is 74.2 Å². The first kappa shape index (κ1) is 21.3. The van der Waals surface area contributed by atoms with E-state index in [-0.39, 0.29) is 17.6 Å². The summed E-state index contributed by atoms with van der Waals surface area (Å²) >= 11 is 3.46. The van der Waals surface area contributed by atoms with E-state index in [1.807, 2.05) is 33.7 Å². The highest BCUT2D eigenvalue weighted by Crippen LogP contribution is 2.25. The van der Waals surface area contributed by atoms with Crippen LogP contribution in [0.1, 0.15) is 53.5 Å². The monoisotopic (exact) mass is 495 g/mol. The average Bonchev–Trinajstić information content (AvgIpc) is 2.80. The summed E-state index contributed by atoms with van der Waals surface area (Å²) in [6, 6.07) is 13.3. The normalized spacial score (nSPS) is 19.3. The molecule has 166 valence electrons. The Morgan fingerprint density at radius 1 is 1.03 bits per heavy atom. The molecule has 1 saturated heterocycles. The number of rotatable bonds is 2. The fourth-order valence-corrected chi connectivity index (χ4v) is 4.89. The Balaban J connectivity index is 1.42. The topological polar surface area (TPSA) is 64.4 Å². The molecule has 1 unspecified atom stereocenters. The lowest BCUT2D eigenvalue weighted by molar-refractivity contribution is -0.0228. The number of aromatic nitrogens is 2. The quantitative estimate of drug-likeness (QED) is 0.525. The van der Waals surface area contributed by atoms with Crippen molar-refractivity contribution in [3.8, 4) is 0 Å². The second kappa shape index (κ2) is 9.16. The number of hydrogen-bond acceptors (Lipinski definition) is 4. The third-order valence-electron chi connectivity index (χ3n) is 6.41. The number of halogens is 1. The second-order valence-electron chi connectivity index (χ2n) is 8.54. The molecule has 1 fully saturated rings. The van der Waals surface area contributed by atoms with Gasteiger partial charge in [0, 0.05) is 29.5 Å². The summed E-state index contributed by atoms with van der Waals surface area (Å²) < 4.78 is 8.76. The first-order valence-corrected chi connectivity index (χ1v) is 12.1. The highest BCUT2D eigenvalue weighted by Gasteiger charge is 2.26. The third-order valence-corrected chi connectivity index (χ3v) is 6.94. The van der Waals surface area contributed by atoms with Crippen molar-refractivity contribution in [3.63, 3.8) is 0 Å². The predicted octanol–water partition coefficient (Wildman–Crippen LogP) is 4.49. The molecule has 0 saturated carbocycles. The van der Waals surface area contributed by atoms with Crippen molar-refractivity contribution in [2.75, 3.05) is 19.7 Å². The molecule has 0 aliphatic carbocycles. The first-order valence-electron chi connectivity index (χ1n) is 11.3. The molecule has 3 aromatic rings. The number of hydrogen-bond donors (Lipinski definition) is 0. The number of amides is 1. The van der Waals surface area contributed by atoms with E-state index >= 15 is 0 Å². The maximum atomic E-state index is 13.3. The van der Waals surface area contributed by atoms with Gasteiger partial charge in [0.1, 0.15) is 11.9 Å². The molecule has 1 atom stereocenters. The van der Waals surface area contributed by atoms with Crippen molar-refractivity contribution in [2.45, 2.75) is 44.8 Å². The zero-order valence-electron chi connectivity index (χ0n) is 17.9. The molecule has 0 radical (unpaired) electrons. The zero-order valence-corrected chi connectivity index (χ0v) is 19.5. The van der Waals surface area contributed by atoms with E-state index in [4.69, 9.17) is 9.72 Å². The summed E-state index contributed by atoms with van der Waals surface area (Å²) in [4.78, 5) is 33.0. The summed E-state index contributed by atoms with van der Waals surface area (Å²) in [6.07, 6.45) is 5.03. The van der Waals surface area contributed by atoms with Gasteiger partial charge in [0.2, 0.25) is 0 Å². The Bertz CT molecular complexity index is 1210. The minimum absolute atomic E-state index is 0.00701. The van der Waals surface area contributed by atoms with E-state index in [9.17, 15) is 9.59 Å². The van der Waals surface area contributed by atoms with Gasteiger partial charge < -0.3 is 9.64 Å². The summed E-state index contributed by atoms with van der Waals surface area (Å²) in [5.74, 6) is 0.791. The van der Waals surface area contributed by atoms with Gasteiger partial charge in [0.25, 0.3) is 11.5 Å². The van der Waals surface area contributed by atoms with Crippen LogP contribution in [0.4, 0.5) is 0 Å². The van der Waals surface area contributed by atoms with Gasteiger partial charge in [-0.15, -0.1) is 0 Å². The Morgan fingerprint density at radius 3 is 2.69 bits per heavy atom. The number of ether oxygens (including phenoxy) is 1. The molecular weight excluding hydrogens is 470 g/mol. The van der Waals surface area contributed by atoms with Gasteiger partial charge in [0.15, 0.2) is 0 Å². The molecule has 2 aliphatic rings. The van der Waals surface area contributed by atoms with E-state index in [2.05, 4.69) is 15.9 Å². The minimum atomic E-state index is -0.149. The molecule has 7 heteroatoms. The van der Waals surface area contributed by atoms with E-state index in [1.54, 1.807) is 18.2 Å². The van der Waals surface area contributed by atoms with Crippen LogP contribution in [0.5, 0.6) is 0 Å². The number of benzene rings is 2. The lowest BCUT2D eigenvalue weighted by Gasteiger charge is -2.33. The molecule has 2 aliphatic heterocycles. The van der Waals surface area contributed by atoms with Crippen molar-refractivity contribution in [1.29, 1.82) is 0 Å². The van der Waals surface area contributed by atoms with Crippen molar-refractivity contribution in [1.82, 2.24) is 14.5 Å². The molecule has 0 N–H and O–H groups in total. The van der Waals surface area contributed by atoms with Crippen LogP contribution >= 0.6 is 15.9 Å². The van der Waals surface area contributed by atoms with Gasteiger partial charge >= 0.3 is 0 Å². The maximum absolute atomic E-state index is 13.3. The van der Waals surface area contributed by atoms with Crippen LogP contribution in [0.15, 0.2) is 51.7 Å². The molecule has 1 amide bonds. The van der Waals surface area contributed by atoms with Crippen LogP contribution in [0.2, 0.25) is 0 Å². The molecule has 6 nitrogen and oxygen atoms in total. The van der Waals surface area contributed by atoms with Crippen LogP contribution in [-0.4, -0.2) is 40.1 Å². The van der Waals surface area contributed by atoms with E-state index in [0.29, 0.717) is 36.2 Å². The highest BCUT2D eigenvalue weighted by atomic mass is 79.9. The predicted molar refractivity (Wildman–Crippen MR) is 127 cm³/mol. The summed E-state index contributed by atoms with van der Waals surface area (Å²) in [6.45, 7) is 2.26. The Hall–Kier alpha value is -2.51. The van der Waals surface area contributed by atoms with E-state index < -0.39 is 0 Å². The molecule has 0 spiro atoms. The van der Waals surface area contributed by atoms with Crippen LogP contribution in [0.3, 0.4) is 0 Å². The SMILES string of the molecule is O=C(c1ccc2c(=O)n3c(nc2c1)CCCCCC3)N1CCOC(c2ccc(Br)cc2)C1. The van der Waals surface area contributed by atoms with Gasteiger partial charge in [-0.3, -0.25) is 14.2 Å². The van der Waals surface area contributed by atoms with Crippen molar-refractivity contribution < 1.29 is 9.53 Å². The molecule has 3 heterocycles. The van der Waals surface area contributed by atoms with Gasteiger partial charge in [0.05, 0.1) is 24.1 Å². The molecular formula is C25H26BrN3O3. The van der Waals surface area contributed by atoms with E-state index in [1.165, 1.54) is 6.42 Å². The number of aryl methyl sites for hydroxylation is 1. The van der Waals surface area contributed by atoms with Crippen LogP contribution in [-0.2, 0) is 17.7 Å².